The number of hydrogen-bond acceptors (Lipinski definition) is 7. The number of benzene rings is 1. The van der Waals surface area contributed by atoms with Crippen molar-refractivity contribution in [1.82, 2.24) is 4.90 Å². The lowest BCUT2D eigenvalue weighted by atomic mass is 9.48. The van der Waals surface area contributed by atoms with Crippen molar-refractivity contribution in [2.24, 2.45) is 5.41 Å². The molecule has 184 valence electrons. The Bertz CT molecular complexity index is 1030. The Hall–Kier alpha value is -2.35. The average molecular weight is 469 g/mol. The van der Waals surface area contributed by atoms with Crippen LogP contribution in [-0.4, -0.2) is 80.2 Å². The van der Waals surface area contributed by atoms with Crippen molar-refractivity contribution in [2.45, 2.75) is 55.9 Å². The normalized spacial score (nSPS) is 37.7. The molecule has 5 rings (SSSR count). The van der Waals surface area contributed by atoms with Crippen LogP contribution in [0.3, 0.4) is 0 Å². The van der Waals surface area contributed by atoms with Crippen molar-refractivity contribution in [2.75, 3.05) is 45.4 Å². The predicted molar refractivity (Wildman–Crippen MR) is 130 cm³/mol. The SMILES string of the molecule is C=CCOCC1(O)[C@H](OC(C)=O)[C@]2(CC)C=CCN3CC[C@@]4(c5ccc(OC)cc5N(C)[C@@H]14)C32. The molecule has 1 aromatic rings. The molecule has 1 spiro atoms. The van der Waals surface area contributed by atoms with Gasteiger partial charge in [0.25, 0.3) is 0 Å². The molecule has 2 fully saturated rings. The zero-order valence-electron chi connectivity index (χ0n) is 20.6. The first-order valence-corrected chi connectivity index (χ1v) is 12.2. The van der Waals surface area contributed by atoms with E-state index in [1.165, 1.54) is 12.5 Å². The van der Waals surface area contributed by atoms with Gasteiger partial charge in [0.1, 0.15) is 17.5 Å². The molecule has 7 heteroatoms. The van der Waals surface area contributed by atoms with E-state index in [1.807, 2.05) is 13.1 Å². The first kappa shape index (κ1) is 23.4. The quantitative estimate of drug-likeness (QED) is 0.375. The number of fused-ring (bicyclic) bond motifs is 1. The summed E-state index contributed by atoms with van der Waals surface area (Å²) in [5, 5.41) is 12.7. The molecular formula is C27H36N2O5. The smallest absolute Gasteiger partial charge is 0.303 e. The summed E-state index contributed by atoms with van der Waals surface area (Å²) in [4.78, 5) is 17.1. The number of nitrogens with zero attached hydrogens (tertiary/aromatic N) is 2. The molecule has 3 aliphatic heterocycles. The molecule has 1 saturated heterocycles. The van der Waals surface area contributed by atoms with Crippen molar-refractivity contribution in [3.05, 3.63) is 48.6 Å². The number of hydrogen-bond donors (Lipinski definition) is 1. The van der Waals surface area contributed by atoms with Gasteiger partial charge in [0.2, 0.25) is 0 Å². The fraction of sp³-hybridized carbons (Fsp3) is 0.593. The third-order valence-electron chi connectivity index (χ3n) is 8.79. The van der Waals surface area contributed by atoms with Crippen LogP contribution in [0.25, 0.3) is 0 Å². The minimum Gasteiger partial charge on any atom is -0.497 e. The molecular weight excluding hydrogens is 432 g/mol. The standard InChI is InChI=1S/C27H36N2O5/c1-6-15-33-17-27(31)23-26(20-10-9-19(32-5)16-21(20)28(23)4)12-14-29-13-8-11-25(7-2,22(26)29)24(27)34-18(3)30/h6,8-11,16,22-24,31H,1,7,12-15,17H2,2-5H3/t22?,23-,24-,25-,26-,27?/m1/s1. The molecule has 1 saturated carbocycles. The van der Waals surface area contributed by atoms with Crippen LogP contribution in [-0.2, 0) is 19.7 Å². The molecule has 0 bridgehead atoms. The Labute approximate surface area is 202 Å². The summed E-state index contributed by atoms with van der Waals surface area (Å²) < 4.78 is 17.6. The minimum atomic E-state index is -1.44. The number of likely N-dealkylation sites (N-methyl/N-ethyl adjacent to an activating group) is 1. The van der Waals surface area contributed by atoms with Crippen molar-refractivity contribution >= 4 is 11.7 Å². The van der Waals surface area contributed by atoms with Crippen molar-refractivity contribution < 1.29 is 24.1 Å². The molecule has 2 unspecified atom stereocenters. The van der Waals surface area contributed by atoms with E-state index in [4.69, 9.17) is 14.2 Å². The summed E-state index contributed by atoms with van der Waals surface area (Å²) in [7, 11) is 3.70. The fourth-order valence-corrected chi connectivity index (χ4v) is 7.91. The monoisotopic (exact) mass is 468 g/mol. The van der Waals surface area contributed by atoms with Crippen LogP contribution in [0.15, 0.2) is 43.0 Å². The maximum absolute atomic E-state index is 12.7. The second-order valence-electron chi connectivity index (χ2n) is 10.2. The second kappa shape index (κ2) is 8.11. The Morgan fingerprint density at radius 3 is 2.82 bits per heavy atom. The van der Waals surface area contributed by atoms with E-state index in [9.17, 15) is 9.90 Å². The zero-order chi connectivity index (χ0) is 24.3. The summed E-state index contributed by atoms with van der Waals surface area (Å²) in [6, 6.07) is 6.00. The highest BCUT2D eigenvalue weighted by atomic mass is 16.6. The van der Waals surface area contributed by atoms with Gasteiger partial charge in [-0.3, -0.25) is 9.69 Å². The molecule has 0 aromatic heterocycles. The van der Waals surface area contributed by atoms with Crippen LogP contribution in [0.1, 0.15) is 32.3 Å². The first-order chi connectivity index (χ1) is 16.3. The van der Waals surface area contributed by atoms with Gasteiger partial charge in [-0.2, -0.15) is 0 Å². The number of rotatable bonds is 7. The zero-order valence-corrected chi connectivity index (χ0v) is 20.6. The maximum Gasteiger partial charge on any atom is 0.303 e. The van der Waals surface area contributed by atoms with E-state index in [0.29, 0.717) is 6.61 Å². The number of aliphatic hydroxyl groups is 1. The maximum atomic E-state index is 12.7. The number of anilines is 1. The van der Waals surface area contributed by atoms with E-state index in [-0.39, 0.29) is 24.1 Å². The molecule has 3 heterocycles. The van der Waals surface area contributed by atoms with Gasteiger partial charge in [0.05, 0.1) is 26.4 Å². The highest BCUT2D eigenvalue weighted by molar-refractivity contribution is 5.71. The van der Waals surface area contributed by atoms with Gasteiger partial charge in [-0.05, 0) is 31.0 Å². The third-order valence-corrected chi connectivity index (χ3v) is 8.79. The lowest BCUT2D eigenvalue weighted by molar-refractivity contribution is -0.232. The summed E-state index contributed by atoms with van der Waals surface area (Å²) in [6.07, 6.45) is 6.95. The molecule has 0 radical (unpaired) electrons. The Morgan fingerprint density at radius 1 is 1.35 bits per heavy atom. The van der Waals surface area contributed by atoms with Gasteiger partial charge in [-0.25, -0.2) is 0 Å². The van der Waals surface area contributed by atoms with Gasteiger partial charge in [0, 0.05) is 49.1 Å². The highest BCUT2D eigenvalue weighted by Crippen LogP contribution is 2.67. The second-order valence-corrected chi connectivity index (χ2v) is 10.2. The molecule has 1 aromatic carbocycles. The lowest BCUT2D eigenvalue weighted by Crippen LogP contribution is -2.80. The molecule has 7 nitrogen and oxygen atoms in total. The van der Waals surface area contributed by atoms with Crippen molar-refractivity contribution in [1.29, 1.82) is 0 Å². The van der Waals surface area contributed by atoms with Gasteiger partial charge in [0.15, 0.2) is 0 Å². The summed E-state index contributed by atoms with van der Waals surface area (Å²) in [5.74, 6) is 0.389. The number of carbonyl (C=O) groups excluding carboxylic acids is 1. The topological polar surface area (TPSA) is 71.5 Å². The molecule has 0 amide bonds. The van der Waals surface area contributed by atoms with E-state index >= 15 is 0 Å². The number of carbonyl (C=O) groups is 1. The molecule has 4 aliphatic rings. The minimum absolute atomic E-state index is 0.0428. The van der Waals surface area contributed by atoms with E-state index in [1.54, 1.807) is 13.2 Å². The number of methoxy groups -OCH3 is 1. The van der Waals surface area contributed by atoms with E-state index < -0.39 is 23.1 Å². The Morgan fingerprint density at radius 2 is 2.15 bits per heavy atom. The van der Waals surface area contributed by atoms with Crippen LogP contribution in [0.5, 0.6) is 5.75 Å². The molecule has 1 N–H and O–H groups in total. The summed E-state index contributed by atoms with van der Waals surface area (Å²) in [5.41, 5.74) is -0.0628. The highest BCUT2D eigenvalue weighted by Gasteiger charge is 2.77. The van der Waals surface area contributed by atoms with Crippen LogP contribution in [0.4, 0.5) is 5.69 Å². The van der Waals surface area contributed by atoms with Crippen LogP contribution in [0, 0.1) is 5.41 Å². The van der Waals surface area contributed by atoms with Crippen molar-refractivity contribution in [3.63, 3.8) is 0 Å². The van der Waals surface area contributed by atoms with E-state index in [2.05, 4.69) is 47.6 Å². The molecule has 1 aliphatic carbocycles. The largest absolute Gasteiger partial charge is 0.497 e. The number of esters is 1. The molecule has 6 atom stereocenters. The van der Waals surface area contributed by atoms with E-state index in [0.717, 1.165) is 37.4 Å². The Balaban J connectivity index is 1.79. The summed E-state index contributed by atoms with van der Waals surface area (Å²) in [6.45, 7) is 9.45. The third kappa shape index (κ3) is 2.84. The van der Waals surface area contributed by atoms with Crippen LogP contribution >= 0.6 is 0 Å². The van der Waals surface area contributed by atoms with Crippen LogP contribution < -0.4 is 9.64 Å². The molecule has 34 heavy (non-hydrogen) atoms. The van der Waals surface area contributed by atoms with Gasteiger partial charge in [-0.1, -0.05) is 31.2 Å². The Kier molecular flexibility index (Phi) is 5.58. The van der Waals surface area contributed by atoms with Crippen molar-refractivity contribution in [3.8, 4) is 5.75 Å². The predicted octanol–water partition coefficient (Wildman–Crippen LogP) is 2.67. The average Bonchev–Trinajstić information content (AvgIpc) is 3.33. The van der Waals surface area contributed by atoms with Gasteiger partial charge < -0.3 is 24.2 Å². The van der Waals surface area contributed by atoms with Gasteiger partial charge >= 0.3 is 5.97 Å². The lowest BCUT2D eigenvalue weighted by Gasteiger charge is -2.64. The first-order valence-electron chi connectivity index (χ1n) is 12.2. The van der Waals surface area contributed by atoms with Gasteiger partial charge in [-0.15, -0.1) is 6.58 Å². The van der Waals surface area contributed by atoms with Crippen LogP contribution in [0.2, 0.25) is 0 Å². The summed E-state index contributed by atoms with van der Waals surface area (Å²) >= 11 is 0. The number of ether oxygens (including phenoxy) is 3. The fourth-order valence-electron chi connectivity index (χ4n) is 7.91.